The fourth-order valence-corrected chi connectivity index (χ4v) is 2.97. The van der Waals surface area contributed by atoms with Gasteiger partial charge in [-0.15, -0.1) is 0 Å². The quantitative estimate of drug-likeness (QED) is 0.761. The third kappa shape index (κ3) is 4.25. The maximum Gasteiger partial charge on any atom is 0.323 e. The van der Waals surface area contributed by atoms with Gasteiger partial charge < -0.3 is 15.3 Å². The highest BCUT2D eigenvalue weighted by Crippen LogP contribution is 2.22. The zero-order chi connectivity index (χ0) is 13.8. The average Bonchev–Trinajstić information content (AvgIpc) is 2.27. The smallest absolute Gasteiger partial charge is 0.323 e. The van der Waals surface area contributed by atoms with Crippen LogP contribution in [-0.4, -0.2) is 48.2 Å². The number of hydrogen-bond donors (Lipinski definition) is 2. The molecule has 0 bridgehead atoms. The van der Waals surface area contributed by atoms with Gasteiger partial charge in [0, 0.05) is 13.1 Å². The van der Waals surface area contributed by atoms with Crippen molar-refractivity contribution in [2.75, 3.05) is 26.7 Å². The van der Waals surface area contributed by atoms with E-state index in [4.69, 9.17) is 0 Å². The maximum absolute atomic E-state index is 11.2. The summed E-state index contributed by atoms with van der Waals surface area (Å²) >= 11 is 0. The maximum atomic E-state index is 11.2. The molecule has 18 heavy (non-hydrogen) atoms. The minimum atomic E-state index is -0.785. The summed E-state index contributed by atoms with van der Waals surface area (Å²) in [5, 5.41) is 12.1. The average molecular weight is 256 g/mol. The van der Waals surface area contributed by atoms with Gasteiger partial charge in [-0.3, -0.25) is 4.79 Å². The van der Waals surface area contributed by atoms with Crippen LogP contribution in [0.15, 0.2) is 0 Å². The molecule has 1 rings (SSSR count). The first-order chi connectivity index (χ1) is 8.37. The van der Waals surface area contributed by atoms with Gasteiger partial charge in [0.05, 0.1) is 0 Å². The molecule has 0 spiro atoms. The van der Waals surface area contributed by atoms with Crippen molar-refractivity contribution in [2.45, 2.75) is 45.6 Å². The van der Waals surface area contributed by atoms with Gasteiger partial charge in [0.1, 0.15) is 5.54 Å². The van der Waals surface area contributed by atoms with E-state index in [2.05, 4.69) is 24.1 Å². The molecule has 2 N–H and O–H groups in total. The van der Waals surface area contributed by atoms with E-state index in [9.17, 15) is 9.90 Å². The standard InChI is InChI=1S/C14H28N2O2/c1-11-8-12(2)10-16(9-11)7-5-6-14(3,15-4)13(17)18/h11-12,15H,5-10H2,1-4H3,(H,17,18). The van der Waals surface area contributed by atoms with Crippen molar-refractivity contribution in [1.82, 2.24) is 10.2 Å². The van der Waals surface area contributed by atoms with E-state index in [1.165, 1.54) is 6.42 Å². The Balaban J connectivity index is 2.35. The molecule has 106 valence electrons. The highest BCUT2D eigenvalue weighted by molar-refractivity contribution is 5.78. The first-order valence-electron chi connectivity index (χ1n) is 7.02. The van der Waals surface area contributed by atoms with Gasteiger partial charge in [-0.25, -0.2) is 0 Å². The molecule has 1 aliphatic rings. The number of likely N-dealkylation sites (tertiary alicyclic amines) is 1. The summed E-state index contributed by atoms with van der Waals surface area (Å²) in [6, 6.07) is 0. The Hall–Kier alpha value is -0.610. The predicted octanol–water partition coefficient (Wildman–Crippen LogP) is 1.81. The van der Waals surface area contributed by atoms with Crippen LogP contribution < -0.4 is 5.32 Å². The minimum absolute atomic E-state index is 0.679. The van der Waals surface area contributed by atoms with Gasteiger partial charge in [-0.05, 0) is 51.6 Å². The number of nitrogens with zero attached hydrogens (tertiary/aromatic N) is 1. The molecule has 0 radical (unpaired) electrons. The minimum Gasteiger partial charge on any atom is -0.480 e. The summed E-state index contributed by atoms with van der Waals surface area (Å²) in [6.07, 6.45) is 2.93. The van der Waals surface area contributed by atoms with Crippen LogP contribution in [-0.2, 0) is 4.79 Å². The molecule has 0 aromatic carbocycles. The van der Waals surface area contributed by atoms with Gasteiger partial charge in [0.2, 0.25) is 0 Å². The molecule has 1 heterocycles. The first-order valence-corrected chi connectivity index (χ1v) is 7.02. The number of likely N-dealkylation sites (N-methyl/N-ethyl adjacent to an activating group) is 1. The molecule has 1 saturated heterocycles. The molecule has 0 aromatic heterocycles. The van der Waals surface area contributed by atoms with Crippen LogP contribution in [0.2, 0.25) is 0 Å². The zero-order valence-corrected chi connectivity index (χ0v) is 12.2. The lowest BCUT2D eigenvalue weighted by atomic mass is 9.91. The lowest BCUT2D eigenvalue weighted by molar-refractivity contribution is -0.144. The fourth-order valence-electron chi connectivity index (χ4n) is 2.97. The highest BCUT2D eigenvalue weighted by Gasteiger charge is 2.31. The van der Waals surface area contributed by atoms with Crippen molar-refractivity contribution in [2.24, 2.45) is 11.8 Å². The number of nitrogens with one attached hydrogen (secondary N) is 1. The molecule has 4 heteroatoms. The molecule has 3 atom stereocenters. The van der Waals surface area contributed by atoms with Crippen molar-refractivity contribution in [3.8, 4) is 0 Å². The molecular weight excluding hydrogens is 228 g/mol. The SMILES string of the molecule is CNC(C)(CCCN1CC(C)CC(C)C1)C(=O)O. The molecule has 0 aliphatic carbocycles. The molecule has 1 aliphatic heterocycles. The summed E-state index contributed by atoms with van der Waals surface area (Å²) in [5.74, 6) is 0.776. The van der Waals surface area contributed by atoms with E-state index in [1.54, 1.807) is 14.0 Å². The number of carboxylic acids is 1. The Morgan fingerprint density at radius 3 is 2.39 bits per heavy atom. The van der Waals surface area contributed by atoms with Crippen LogP contribution >= 0.6 is 0 Å². The van der Waals surface area contributed by atoms with E-state index >= 15 is 0 Å². The van der Waals surface area contributed by atoms with E-state index in [0.29, 0.717) is 6.42 Å². The Kier molecular flexibility index (Phi) is 5.60. The predicted molar refractivity (Wildman–Crippen MR) is 73.7 cm³/mol. The number of carbonyl (C=O) groups is 1. The third-order valence-electron chi connectivity index (χ3n) is 4.12. The van der Waals surface area contributed by atoms with Gasteiger partial charge in [-0.2, -0.15) is 0 Å². The largest absolute Gasteiger partial charge is 0.480 e. The van der Waals surface area contributed by atoms with E-state index < -0.39 is 11.5 Å². The molecule has 0 saturated carbocycles. The van der Waals surface area contributed by atoms with Gasteiger partial charge in [-0.1, -0.05) is 13.8 Å². The topological polar surface area (TPSA) is 52.6 Å². The van der Waals surface area contributed by atoms with Crippen molar-refractivity contribution < 1.29 is 9.90 Å². The van der Waals surface area contributed by atoms with E-state index in [0.717, 1.165) is 37.9 Å². The van der Waals surface area contributed by atoms with Crippen LogP contribution in [0.3, 0.4) is 0 Å². The second kappa shape index (κ2) is 6.53. The van der Waals surface area contributed by atoms with Gasteiger partial charge in [0.15, 0.2) is 0 Å². The number of aliphatic carboxylic acids is 1. The van der Waals surface area contributed by atoms with Crippen molar-refractivity contribution in [1.29, 1.82) is 0 Å². The van der Waals surface area contributed by atoms with E-state index in [-0.39, 0.29) is 0 Å². The van der Waals surface area contributed by atoms with E-state index in [1.807, 2.05) is 0 Å². The van der Waals surface area contributed by atoms with Gasteiger partial charge >= 0.3 is 5.97 Å². The summed E-state index contributed by atoms with van der Waals surface area (Å²) in [5.41, 5.74) is -0.785. The monoisotopic (exact) mass is 256 g/mol. The van der Waals surface area contributed by atoms with Crippen molar-refractivity contribution >= 4 is 5.97 Å². The Morgan fingerprint density at radius 1 is 1.39 bits per heavy atom. The van der Waals surface area contributed by atoms with Crippen LogP contribution in [0.4, 0.5) is 0 Å². The second-order valence-electron chi connectivity index (χ2n) is 6.20. The molecule has 3 unspecified atom stereocenters. The van der Waals surface area contributed by atoms with Crippen LogP contribution in [0.1, 0.15) is 40.0 Å². The lowest BCUT2D eigenvalue weighted by Gasteiger charge is -2.35. The van der Waals surface area contributed by atoms with Crippen molar-refractivity contribution in [3.63, 3.8) is 0 Å². The molecule has 1 fully saturated rings. The number of piperidine rings is 1. The summed E-state index contributed by atoms with van der Waals surface area (Å²) in [4.78, 5) is 13.6. The zero-order valence-electron chi connectivity index (χ0n) is 12.2. The Labute approximate surface area is 111 Å². The van der Waals surface area contributed by atoms with Crippen LogP contribution in [0.5, 0.6) is 0 Å². The second-order valence-corrected chi connectivity index (χ2v) is 6.20. The lowest BCUT2D eigenvalue weighted by Crippen LogP contribution is -2.48. The van der Waals surface area contributed by atoms with Crippen molar-refractivity contribution in [3.05, 3.63) is 0 Å². The molecule has 0 aromatic rings. The highest BCUT2D eigenvalue weighted by atomic mass is 16.4. The number of hydrogen-bond acceptors (Lipinski definition) is 3. The molecule has 0 amide bonds. The number of carboxylic acid groups (broad SMARTS) is 1. The third-order valence-corrected chi connectivity index (χ3v) is 4.12. The normalized spacial score (nSPS) is 28.9. The Morgan fingerprint density at radius 2 is 1.94 bits per heavy atom. The van der Waals surface area contributed by atoms with Gasteiger partial charge in [0.25, 0.3) is 0 Å². The first kappa shape index (κ1) is 15.4. The van der Waals surface area contributed by atoms with Crippen LogP contribution in [0, 0.1) is 11.8 Å². The fraction of sp³-hybridized carbons (Fsp3) is 0.929. The Bertz CT molecular complexity index is 273. The number of rotatable bonds is 6. The summed E-state index contributed by atoms with van der Waals surface area (Å²) < 4.78 is 0. The summed E-state index contributed by atoms with van der Waals surface area (Å²) in [7, 11) is 1.72. The van der Waals surface area contributed by atoms with Crippen LogP contribution in [0.25, 0.3) is 0 Å². The summed E-state index contributed by atoms with van der Waals surface area (Å²) in [6.45, 7) is 9.70. The molecule has 4 nitrogen and oxygen atoms in total. The molecular formula is C14H28N2O2.